The molecule has 1 heterocycles. The number of pyridine rings is 1. The molecule has 98 valence electrons. The molecule has 1 heteroatoms. The largest absolute Gasteiger partial charge is 0.258 e. The summed E-state index contributed by atoms with van der Waals surface area (Å²) in [5, 5.41) is 0. The van der Waals surface area contributed by atoms with Gasteiger partial charge < -0.3 is 0 Å². The van der Waals surface area contributed by atoms with Gasteiger partial charge in [-0.1, -0.05) is 58.8 Å². The van der Waals surface area contributed by atoms with Gasteiger partial charge in [0.05, 0.1) is 0 Å². The minimum atomic E-state index is 1.08. The fourth-order valence-corrected chi connectivity index (χ4v) is 1.05. The number of allylic oxidation sites excluding steroid dienone is 1. The van der Waals surface area contributed by atoms with Gasteiger partial charge in [-0.3, -0.25) is 4.98 Å². The second kappa shape index (κ2) is 13.0. The highest BCUT2D eigenvalue weighted by Crippen LogP contribution is 2.07. The fraction of sp³-hybridized carbons (Fsp3) is 0.562. The molecule has 0 aliphatic carbocycles. The Morgan fingerprint density at radius 3 is 1.94 bits per heavy atom. The van der Waals surface area contributed by atoms with Crippen molar-refractivity contribution >= 4 is 6.08 Å². The molecular weight excluding hydrogens is 206 g/mol. The Bertz CT molecular complexity index is 298. The number of rotatable bonds is 2. The molecule has 0 aromatic carbocycles. The van der Waals surface area contributed by atoms with E-state index in [1.165, 1.54) is 18.4 Å². The van der Waals surface area contributed by atoms with Gasteiger partial charge in [0.1, 0.15) is 0 Å². The Morgan fingerprint density at radius 1 is 1.06 bits per heavy atom. The average molecular weight is 235 g/mol. The Kier molecular flexibility index (Phi) is 13.9. The van der Waals surface area contributed by atoms with E-state index in [0.29, 0.717) is 0 Å². The van der Waals surface area contributed by atoms with Gasteiger partial charge >= 0.3 is 0 Å². The molecule has 0 bridgehead atoms. The highest BCUT2D eigenvalue weighted by Gasteiger charge is 1.93. The number of aryl methyl sites for hydroxylation is 2. The minimum Gasteiger partial charge on any atom is -0.258 e. The van der Waals surface area contributed by atoms with Gasteiger partial charge in [0.15, 0.2) is 0 Å². The molecule has 0 N–H and O–H groups in total. The number of nitrogens with zero attached hydrogens (tertiary/aromatic N) is 1. The molecule has 1 rings (SSSR count). The lowest BCUT2D eigenvalue weighted by Crippen LogP contribution is -1.88. The molecule has 0 aliphatic rings. The smallest absolute Gasteiger partial charge is 0.0447 e. The first-order valence-electron chi connectivity index (χ1n) is 6.72. The van der Waals surface area contributed by atoms with E-state index in [1.54, 1.807) is 0 Å². The summed E-state index contributed by atoms with van der Waals surface area (Å²) in [6.07, 6.45) is 6.74. The van der Waals surface area contributed by atoms with Crippen LogP contribution < -0.4 is 0 Å². The number of unbranched alkanes of at least 4 members (excludes halogenated alkanes) is 1. The zero-order valence-corrected chi connectivity index (χ0v) is 12.7. The molecule has 0 spiro atoms. The van der Waals surface area contributed by atoms with Gasteiger partial charge in [0.25, 0.3) is 0 Å². The molecule has 0 unspecified atom stereocenters. The van der Waals surface area contributed by atoms with Crippen LogP contribution in [0.2, 0.25) is 0 Å². The van der Waals surface area contributed by atoms with Crippen LogP contribution in [0.4, 0.5) is 0 Å². The molecular formula is C16H29N. The van der Waals surface area contributed by atoms with Crippen LogP contribution in [0, 0.1) is 13.8 Å². The summed E-state index contributed by atoms with van der Waals surface area (Å²) in [4.78, 5) is 4.34. The van der Waals surface area contributed by atoms with Gasteiger partial charge in [0, 0.05) is 11.4 Å². The lowest BCUT2D eigenvalue weighted by Gasteiger charge is -1.99. The van der Waals surface area contributed by atoms with Crippen LogP contribution in [0.25, 0.3) is 6.08 Å². The van der Waals surface area contributed by atoms with Crippen molar-refractivity contribution in [1.29, 1.82) is 0 Å². The van der Waals surface area contributed by atoms with Crippen LogP contribution in [0.3, 0.4) is 0 Å². The number of hydrogen-bond donors (Lipinski definition) is 0. The SMILES string of the molecule is C/C=C\c1ccc(C)nc1C.CC.CCCC. The standard InChI is InChI=1S/C10H13N.C4H10.C2H6/c1-4-5-10-7-6-8(2)11-9(10)3;1-3-4-2;1-2/h4-7H,1-3H3;3-4H2,1-2H3;1-2H3/b5-4-;;. The van der Waals surface area contributed by atoms with Gasteiger partial charge in [0.2, 0.25) is 0 Å². The molecule has 0 aliphatic heterocycles. The maximum Gasteiger partial charge on any atom is 0.0447 e. The summed E-state index contributed by atoms with van der Waals surface area (Å²) in [6.45, 7) is 14.4. The second-order valence-electron chi connectivity index (χ2n) is 3.63. The van der Waals surface area contributed by atoms with E-state index in [2.05, 4.69) is 31.0 Å². The van der Waals surface area contributed by atoms with Crippen molar-refractivity contribution in [3.05, 3.63) is 35.2 Å². The van der Waals surface area contributed by atoms with Crippen molar-refractivity contribution in [3.63, 3.8) is 0 Å². The Labute approximate surface area is 108 Å². The van der Waals surface area contributed by atoms with Gasteiger partial charge in [-0.2, -0.15) is 0 Å². The number of hydrogen-bond acceptors (Lipinski definition) is 1. The van der Waals surface area contributed by atoms with E-state index in [-0.39, 0.29) is 0 Å². The van der Waals surface area contributed by atoms with Crippen LogP contribution in [-0.4, -0.2) is 4.98 Å². The second-order valence-corrected chi connectivity index (χ2v) is 3.63. The van der Waals surface area contributed by atoms with Crippen LogP contribution >= 0.6 is 0 Å². The molecule has 0 fully saturated rings. The van der Waals surface area contributed by atoms with Crippen molar-refractivity contribution in [2.45, 2.75) is 61.3 Å². The quantitative estimate of drug-likeness (QED) is 0.653. The van der Waals surface area contributed by atoms with E-state index < -0.39 is 0 Å². The average Bonchev–Trinajstić information content (AvgIpc) is 2.36. The van der Waals surface area contributed by atoms with Crippen molar-refractivity contribution in [3.8, 4) is 0 Å². The summed E-state index contributed by atoms with van der Waals surface area (Å²) >= 11 is 0. The van der Waals surface area contributed by atoms with Gasteiger partial charge in [-0.05, 0) is 32.4 Å². The van der Waals surface area contributed by atoms with Crippen molar-refractivity contribution in [1.82, 2.24) is 4.98 Å². The summed E-state index contributed by atoms with van der Waals surface area (Å²) in [7, 11) is 0. The fourth-order valence-electron chi connectivity index (χ4n) is 1.05. The van der Waals surface area contributed by atoms with E-state index in [9.17, 15) is 0 Å². The van der Waals surface area contributed by atoms with Crippen LogP contribution in [0.1, 0.15) is 64.4 Å². The van der Waals surface area contributed by atoms with Crippen molar-refractivity contribution < 1.29 is 0 Å². The maximum absolute atomic E-state index is 4.34. The maximum atomic E-state index is 4.34. The number of aromatic nitrogens is 1. The molecule has 17 heavy (non-hydrogen) atoms. The topological polar surface area (TPSA) is 12.9 Å². The molecule has 1 nitrogen and oxygen atoms in total. The molecule has 0 amide bonds. The molecule has 0 radical (unpaired) electrons. The summed E-state index contributed by atoms with van der Waals surface area (Å²) in [6, 6.07) is 4.12. The first-order valence-corrected chi connectivity index (χ1v) is 6.72. The van der Waals surface area contributed by atoms with Crippen LogP contribution in [0.15, 0.2) is 18.2 Å². The molecule has 0 atom stereocenters. The van der Waals surface area contributed by atoms with Crippen molar-refractivity contribution in [2.75, 3.05) is 0 Å². The molecule has 1 aromatic heterocycles. The highest BCUT2D eigenvalue weighted by atomic mass is 14.7. The first-order chi connectivity index (χ1) is 8.15. The summed E-state index contributed by atoms with van der Waals surface area (Å²) in [5.41, 5.74) is 3.39. The van der Waals surface area contributed by atoms with E-state index >= 15 is 0 Å². The predicted molar refractivity (Wildman–Crippen MR) is 80.3 cm³/mol. The third-order valence-electron chi connectivity index (χ3n) is 2.11. The Hall–Kier alpha value is -1.11. The first kappa shape index (κ1) is 18.3. The lowest BCUT2D eigenvalue weighted by atomic mass is 10.2. The summed E-state index contributed by atoms with van der Waals surface area (Å²) in [5.74, 6) is 0. The predicted octanol–water partition coefficient (Wildman–Crippen LogP) is 5.56. The molecule has 0 saturated carbocycles. The van der Waals surface area contributed by atoms with Crippen molar-refractivity contribution in [2.24, 2.45) is 0 Å². The minimum absolute atomic E-state index is 1.08. The van der Waals surface area contributed by atoms with Crippen LogP contribution in [0.5, 0.6) is 0 Å². The monoisotopic (exact) mass is 235 g/mol. The zero-order chi connectivity index (χ0) is 13.7. The van der Waals surface area contributed by atoms with Crippen LogP contribution in [-0.2, 0) is 0 Å². The van der Waals surface area contributed by atoms with E-state index in [4.69, 9.17) is 0 Å². The lowest BCUT2D eigenvalue weighted by molar-refractivity contribution is 0.886. The Morgan fingerprint density at radius 2 is 1.59 bits per heavy atom. The van der Waals surface area contributed by atoms with Gasteiger partial charge in [-0.15, -0.1) is 0 Å². The third kappa shape index (κ3) is 9.80. The molecule has 1 aromatic rings. The summed E-state index contributed by atoms with van der Waals surface area (Å²) < 4.78 is 0. The Balaban J connectivity index is 0. The van der Waals surface area contributed by atoms with E-state index in [0.717, 1.165) is 11.4 Å². The van der Waals surface area contributed by atoms with Gasteiger partial charge in [-0.25, -0.2) is 0 Å². The third-order valence-corrected chi connectivity index (χ3v) is 2.11. The zero-order valence-electron chi connectivity index (χ0n) is 12.7. The molecule has 0 saturated heterocycles. The highest BCUT2D eigenvalue weighted by molar-refractivity contribution is 5.51. The normalized spacial score (nSPS) is 9.12. The van der Waals surface area contributed by atoms with E-state index in [1.807, 2.05) is 46.8 Å².